The standard InChI is InChI=1S/C26H26N2O/c1-3-4-5-9-17-28-25-16-15-20(2)18-24(25)27-26(28)21-11-10-14-23(19-21)29-22-12-7-6-8-13-22/h5-16,18-19H,3-4,17H2,1-2H3/b9-5+. The van der Waals surface area contributed by atoms with E-state index in [0.717, 1.165) is 53.3 Å². The Hall–Kier alpha value is -3.33. The molecule has 3 heteroatoms. The van der Waals surface area contributed by atoms with Crippen molar-refractivity contribution in [3.63, 3.8) is 0 Å². The third kappa shape index (κ3) is 4.40. The van der Waals surface area contributed by atoms with Crippen molar-refractivity contribution in [2.24, 2.45) is 0 Å². The van der Waals surface area contributed by atoms with E-state index in [4.69, 9.17) is 9.72 Å². The molecule has 29 heavy (non-hydrogen) atoms. The highest BCUT2D eigenvalue weighted by Gasteiger charge is 2.13. The number of allylic oxidation sites excluding steroid dienone is 2. The minimum atomic E-state index is 0.804. The van der Waals surface area contributed by atoms with E-state index < -0.39 is 0 Å². The monoisotopic (exact) mass is 382 g/mol. The minimum Gasteiger partial charge on any atom is -0.457 e. The minimum absolute atomic E-state index is 0.804. The zero-order chi connectivity index (χ0) is 20.1. The summed E-state index contributed by atoms with van der Waals surface area (Å²) in [6.45, 7) is 5.11. The molecule has 0 atom stereocenters. The fraction of sp³-hybridized carbons (Fsp3) is 0.192. The van der Waals surface area contributed by atoms with Crippen LogP contribution in [-0.4, -0.2) is 9.55 Å². The fourth-order valence-electron chi connectivity index (χ4n) is 3.43. The highest BCUT2D eigenvalue weighted by atomic mass is 16.5. The molecule has 0 spiro atoms. The van der Waals surface area contributed by atoms with Crippen molar-refractivity contribution >= 4 is 11.0 Å². The maximum absolute atomic E-state index is 6.04. The van der Waals surface area contributed by atoms with Gasteiger partial charge in [0.05, 0.1) is 11.0 Å². The van der Waals surface area contributed by atoms with Crippen LogP contribution in [0, 0.1) is 6.92 Å². The van der Waals surface area contributed by atoms with E-state index in [-0.39, 0.29) is 0 Å². The van der Waals surface area contributed by atoms with Gasteiger partial charge in [0.1, 0.15) is 17.3 Å². The second kappa shape index (κ2) is 8.78. The molecule has 0 aliphatic heterocycles. The number of nitrogens with zero attached hydrogens (tertiary/aromatic N) is 2. The van der Waals surface area contributed by atoms with Crippen molar-refractivity contribution in [3.05, 3.63) is 90.5 Å². The summed E-state index contributed by atoms with van der Waals surface area (Å²) < 4.78 is 8.32. The molecule has 0 fully saturated rings. The first kappa shape index (κ1) is 19.0. The first-order valence-electron chi connectivity index (χ1n) is 10.2. The molecule has 146 valence electrons. The van der Waals surface area contributed by atoms with Crippen LogP contribution < -0.4 is 4.74 Å². The molecular formula is C26H26N2O. The Kier molecular flexibility index (Phi) is 5.76. The Balaban J connectivity index is 1.73. The maximum atomic E-state index is 6.04. The maximum Gasteiger partial charge on any atom is 0.141 e. The molecule has 0 aliphatic carbocycles. The Labute approximate surface area is 172 Å². The molecule has 1 heterocycles. The number of ether oxygens (including phenoxy) is 1. The highest BCUT2D eigenvalue weighted by molar-refractivity contribution is 5.81. The van der Waals surface area contributed by atoms with E-state index in [0.29, 0.717) is 0 Å². The molecular weight excluding hydrogens is 356 g/mol. The number of hydrogen-bond donors (Lipinski definition) is 0. The van der Waals surface area contributed by atoms with Gasteiger partial charge in [0.25, 0.3) is 0 Å². The van der Waals surface area contributed by atoms with Gasteiger partial charge >= 0.3 is 0 Å². The van der Waals surface area contributed by atoms with E-state index in [1.54, 1.807) is 0 Å². The van der Waals surface area contributed by atoms with Gasteiger partial charge in [0.15, 0.2) is 0 Å². The molecule has 3 nitrogen and oxygen atoms in total. The molecule has 0 unspecified atom stereocenters. The summed E-state index contributed by atoms with van der Waals surface area (Å²) in [7, 11) is 0. The third-order valence-electron chi connectivity index (χ3n) is 4.88. The number of rotatable bonds is 7. The van der Waals surface area contributed by atoms with Gasteiger partial charge in [0, 0.05) is 12.1 Å². The predicted molar refractivity (Wildman–Crippen MR) is 120 cm³/mol. The van der Waals surface area contributed by atoms with Crippen LogP contribution in [0.25, 0.3) is 22.4 Å². The van der Waals surface area contributed by atoms with Crippen LogP contribution in [0.5, 0.6) is 11.5 Å². The van der Waals surface area contributed by atoms with Gasteiger partial charge in [0.2, 0.25) is 0 Å². The molecule has 0 saturated carbocycles. The van der Waals surface area contributed by atoms with E-state index in [2.05, 4.69) is 60.9 Å². The SMILES string of the molecule is CCC/C=C/Cn1c(-c2cccc(Oc3ccccc3)c2)nc2cc(C)ccc21. The van der Waals surface area contributed by atoms with Gasteiger partial charge in [-0.2, -0.15) is 0 Å². The van der Waals surface area contributed by atoms with Gasteiger partial charge in [-0.05, 0) is 55.3 Å². The van der Waals surface area contributed by atoms with Gasteiger partial charge < -0.3 is 9.30 Å². The Morgan fingerprint density at radius 2 is 1.72 bits per heavy atom. The third-order valence-corrected chi connectivity index (χ3v) is 4.88. The van der Waals surface area contributed by atoms with Crippen molar-refractivity contribution in [1.82, 2.24) is 9.55 Å². The van der Waals surface area contributed by atoms with Crippen molar-refractivity contribution in [2.75, 3.05) is 0 Å². The molecule has 1 aromatic heterocycles. The summed E-state index contributed by atoms with van der Waals surface area (Å²) in [5, 5.41) is 0. The number of benzene rings is 3. The van der Waals surface area contributed by atoms with Gasteiger partial charge in [-0.25, -0.2) is 4.98 Å². The van der Waals surface area contributed by atoms with E-state index in [1.807, 2.05) is 42.5 Å². The largest absolute Gasteiger partial charge is 0.457 e. The van der Waals surface area contributed by atoms with Crippen molar-refractivity contribution in [2.45, 2.75) is 33.2 Å². The number of aryl methyl sites for hydroxylation is 1. The van der Waals surface area contributed by atoms with Crippen LogP contribution in [0.3, 0.4) is 0 Å². The highest BCUT2D eigenvalue weighted by Crippen LogP contribution is 2.30. The molecule has 0 N–H and O–H groups in total. The van der Waals surface area contributed by atoms with Crippen molar-refractivity contribution in [3.8, 4) is 22.9 Å². The molecule has 0 saturated heterocycles. The lowest BCUT2D eigenvalue weighted by Crippen LogP contribution is -1.99. The Bertz CT molecular complexity index is 1130. The second-order valence-electron chi connectivity index (χ2n) is 7.24. The molecule has 3 aromatic carbocycles. The Morgan fingerprint density at radius 3 is 2.55 bits per heavy atom. The summed E-state index contributed by atoms with van der Waals surface area (Å²) in [6, 6.07) is 24.5. The van der Waals surface area contributed by atoms with Crippen molar-refractivity contribution in [1.29, 1.82) is 0 Å². The average molecular weight is 383 g/mol. The summed E-state index contributed by atoms with van der Waals surface area (Å²) in [5.41, 5.74) is 4.45. The number of fused-ring (bicyclic) bond motifs is 1. The van der Waals surface area contributed by atoms with Crippen LogP contribution in [-0.2, 0) is 6.54 Å². The van der Waals surface area contributed by atoms with Crippen LogP contribution in [0.2, 0.25) is 0 Å². The zero-order valence-electron chi connectivity index (χ0n) is 17.0. The summed E-state index contributed by atoms with van der Waals surface area (Å²) in [5.74, 6) is 2.60. The molecule has 0 amide bonds. The quantitative estimate of drug-likeness (QED) is 0.317. The number of hydrogen-bond acceptors (Lipinski definition) is 2. The smallest absolute Gasteiger partial charge is 0.141 e. The molecule has 4 aromatic rings. The molecule has 0 aliphatic rings. The van der Waals surface area contributed by atoms with Gasteiger partial charge in [-0.15, -0.1) is 0 Å². The first-order valence-corrected chi connectivity index (χ1v) is 10.2. The lowest BCUT2D eigenvalue weighted by molar-refractivity contribution is 0.483. The number of unbranched alkanes of at least 4 members (excludes halogenated alkanes) is 1. The van der Waals surface area contributed by atoms with Crippen LogP contribution in [0.4, 0.5) is 0 Å². The van der Waals surface area contributed by atoms with E-state index in [9.17, 15) is 0 Å². The molecule has 4 rings (SSSR count). The summed E-state index contributed by atoms with van der Waals surface area (Å²) in [4.78, 5) is 4.96. The number of aromatic nitrogens is 2. The molecule has 0 bridgehead atoms. The Morgan fingerprint density at radius 1 is 0.897 bits per heavy atom. The first-order chi connectivity index (χ1) is 14.2. The average Bonchev–Trinajstić information content (AvgIpc) is 3.10. The van der Waals surface area contributed by atoms with Gasteiger partial charge in [-0.3, -0.25) is 0 Å². The van der Waals surface area contributed by atoms with Crippen molar-refractivity contribution < 1.29 is 4.74 Å². The molecule has 0 radical (unpaired) electrons. The van der Waals surface area contributed by atoms with Crippen LogP contribution in [0.15, 0.2) is 84.9 Å². The topological polar surface area (TPSA) is 27.1 Å². The lowest BCUT2D eigenvalue weighted by Gasteiger charge is -2.10. The van der Waals surface area contributed by atoms with Crippen LogP contribution >= 0.6 is 0 Å². The normalized spacial score (nSPS) is 11.4. The van der Waals surface area contributed by atoms with Crippen LogP contribution in [0.1, 0.15) is 25.3 Å². The second-order valence-corrected chi connectivity index (χ2v) is 7.24. The fourth-order valence-corrected chi connectivity index (χ4v) is 3.43. The lowest BCUT2D eigenvalue weighted by atomic mass is 10.2. The zero-order valence-corrected chi connectivity index (χ0v) is 17.0. The predicted octanol–water partition coefficient (Wildman–Crippen LogP) is 7.16. The number of imidazole rings is 1. The summed E-state index contributed by atoms with van der Waals surface area (Å²) >= 11 is 0. The summed E-state index contributed by atoms with van der Waals surface area (Å²) in [6.07, 6.45) is 6.74. The van der Waals surface area contributed by atoms with Gasteiger partial charge in [-0.1, -0.05) is 61.9 Å². The van der Waals surface area contributed by atoms with E-state index >= 15 is 0 Å². The number of para-hydroxylation sites is 1. The van der Waals surface area contributed by atoms with E-state index in [1.165, 1.54) is 5.56 Å².